The molecule has 0 bridgehead atoms. The Morgan fingerprint density at radius 1 is 1.50 bits per heavy atom. The molecule has 0 saturated carbocycles. The number of aromatic nitrogens is 3. The molecule has 0 aliphatic carbocycles. The van der Waals surface area contributed by atoms with E-state index in [0.717, 1.165) is 11.0 Å². The number of halogens is 1. The van der Waals surface area contributed by atoms with Crippen molar-refractivity contribution < 1.29 is 9.13 Å². The van der Waals surface area contributed by atoms with Crippen LogP contribution in [-0.4, -0.2) is 51.3 Å². The Morgan fingerprint density at radius 3 is 3.05 bits per heavy atom. The van der Waals surface area contributed by atoms with Crippen molar-refractivity contribution >= 4 is 11.0 Å². The van der Waals surface area contributed by atoms with Gasteiger partial charge in [0.15, 0.2) is 0 Å². The largest absolute Gasteiger partial charge is 0.366 e. The number of pyridine rings is 1. The highest BCUT2D eigenvalue weighted by Gasteiger charge is 2.34. The first-order valence-corrected chi connectivity index (χ1v) is 6.92. The summed E-state index contributed by atoms with van der Waals surface area (Å²) in [6.45, 7) is 5.53. The van der Waals surface area contributed by atoms with Gasteiger partial charge in [0, 0.05) is 25.3 Å². The first-order valence-electron chi connectivity index (χ1n) is 6.92. The first-order chi connectivity index (χ1) is 9.63. The lowest BCUT2D eigenvalue weighted by Gasteiger charge is -2.19. The van der Waals surface area contributed by atoms with Gasteiger partial charge in [-0.15, -0.1) is 0 Å². The highest BCUT2D eigenvalue weighted by molar-refractivity contribution is 5.73. The lowest BCUT2D eigenvalue weighted by Crippen LogP contribution is -2.29. The van der Waals surface area contributed by atoms with Gasteiger partial charge < -0.3 is 9.72 Å². The number of rotatable bonds is 4. The molecule has 1 aliphatic rings. The second-order valence-corrected chi connectivity index (χ2v) is 5.49. The number of nitrogens with one attached hydrogen (secondary N) is 1. The van der Waals surface area contributed by atoms with Crippen LogP contribution in [0.25, 0.3) is 11.0 Å². The van der Waals surface area contributed by atoms with Crippen molar-refractivity contribution in [3.05, 3.63) is 24.3 Å². The molecule has 0 spiro atoms. The minimum atomic E-state index is -0.927. The molecular weight excluding hydrogens is 259 g/mol. The Bertz CT molecular complexity index is 552. The van der Waals surface area contributed by atoms with Crippen molar-refractivity contribution in [2.45, 2.75) is 38.8 Å². The number of aromatic amines is 1. The Kier molecular flexibility index (Phi) is 3.67. The molecule has 2 atom stereocenters. The fourth-order valence-electron chi connectivity index (χ4n) is 2.50. The molecule has 1 saturated heterocycles. The second-order valence-electron chi connectivity index (χ2n) is 5.49. The lowest BCUT2D eigenvalue weighted by atomic mass is 10.3. The predicted molar refractivity (Wildman–Crippen MR) is 74.1 cm³/mol. The number of ether oxygens (including phenoxy) is 1. The van der Waals surface area contributed by atoms with Crippen molar-refractivity contribution in [1.82, 2.24) is 19.9 Å². The third-order valence-electron chi connectivity index (χ3n) is 3.72. The molecule has 20 heavy (non-hydrogen) atoms. The average Bonchev–Trinajstić information content (AvgIpc) is 2.99. The van der Waals surface area contributed by atoms with E-state index in [9.17, 15) is 4.39 Å². The molecule has 2 aromatic rings. The molecular formula is C14H19FN4O. The molecule has 1 aliphatic heterocycles. The monoisotopic (exact) mass is 278 g/mol. The minimum Gasteiger partial charge on any atom is -0.366 e. The normalized spacial score (nSPS) is 24.0. The van der Waals surface area contributed by atoms with Crippen LogP contribution in [0.2, 0.25) is 0 Å². The highest BCUT2D eigenvalue weighted by atomic mass is 19.1. The van der Waals surface area contributed by atoms with Gasteiger partial charge in [0.2, 0.25) is 0 Å². The van der Waals surface area contributed by atoms with Gasteiger partial charge >= 0.3 is 0 Å². The van der Waals surface area contributed by atoms with Crippen LogP contribution in [0.4, 0.5) is 4.39 Å². The summed E-state index contributed by atoms with van der Waals surface area (Å²) >= 11 is 0. The van der Waals surface area contributed by atoms with E-state index in [0.29, 0.717) is 31.6 Å². The molecule has 3 rings (SSSR count). The quantitative estimate of drug-likeness (QED) is 0.928. The maximum atomic E-state index is 13.9. The van der Waals surface area contributed by atoms with Crippen molar-refractivity contribution in [2.24, 2.45) is 0 Å². The molecule has 0 unspecified atom stereocenters. The summed E-state index contributed by atoms with van der Waals surface area (Å²) in [5, 5.41) is 0. The van der Waals surface area contributed by atoms with Gasteiger partial charge in [-0.1, -0.05) is 0 Å². The van der Waals surface area contributed by atoms with Crippen LogP contribution in [0.3, 0.4) is 0 Å². The lowest BCUT2D eigenvalue weighted by molar-refractivity contribution is 0.00814. The van der Waals surface area contributed by atoms with E-state index in [1.807, 2.05) is 6.07 Å². The summed E-state index contributed by atoms with van der Waals surface area (Å²) < 4.78 is 19.6. The van der Waals surface area contributed by atoms with E-state index >= 15 is 0 Å². The fourth-order valence-corrected chi connectivity index (χ4v) is 2.50. The summed E-state index contributed by atoms with van der Waals surface area (Å²) in [7, 11) is 0. The second kappa shape index (κ2) is 5.46. The SMILES string of the molecule is CC(C)N1C[C@@H](F)[C@@H](OCc2nc3ccncc3[nH]2)C1. The Morgan fingerprint density at radius 2 is 2.35 bits per heavy atom. The zero-order valence-corrected chi connectivity index (χ0v) is 11.7. The van der Waals surface area contributed by atoms with Gasteiger partial charge in [0.05, 0.1) is 17.2 Å². The number of imidazole rings is 1. The Labute approximate surface area is 117 Å². The van der Waals surface area contributed by atoms with Crippen LogP contribution in [0.15, 0.2) is 18.5 Å². The minimum absolute atomic E-state index is 0.297. The summed E-state index contributed by atoms with van der Waals surface area (Å²) in [6, 6.07) is 2.18. The summed E-state index contributed by atoms with van der Waals surface area (Å²) in [5.41, 5.74) is 1.73. The molecule has 0 aromatic carbocycles. The molecule has 2 aromatic heterocycles. The van der Waals surface area contributed by atoms with E-state index in [2.05, 4.69) is 33.7 Å². The van der Waals surface area contributed by atoms with E-state index in [1.165, 1.54) is 0 Å². The third kappa shape index (κ3) is 2.66. The highest BCUT2D eigenvalue weighted by Crippen LogP contribution is 2.20. The van der Waals surface area contributed by atoms with Crippen LogP contribution in [-0.2, 0) is 11.3 Å². The maximum absolute atomic E-state index is 13.9. The number of nitrogens with zero attached hydrogens (tertiary/aromatic N) is 3. The number of hydrogen-bond acceptors (Lipinski definition) is 4. The molecule has 3 heterocycles. The Balaban J connectivity index is 1.62. The van der Waals surface area contributed by atoms with Gasteiger partial charge in [-0.2, -0.15) is 0 Å². The van der Waals surface area contributed by atoms with E-state index in [-0.39, 0.29) is 6.10 Å². The van der Waals surface area contributed by atoms with Crippen LogP contribution in [0.5, 0.6) is 0 Å². The third-order valence-corrected chi connectivity index (χ3v) is 3.72. The molecule has 108 valence electrons. The summed E-state index contributed by atoms with van der Waals surface area (Å²) in [6.07, 6.45) is 2.12. The van der Waals surface area contributed by atoms with Gasteiger partial charge in [0.25, 0.3) is 0 Å². The van der Waals surface area contributed by atoms with Crippen molar-refractivity contribution in [2.75, 3.05) is 13.1 Å². The topological polar surface area (TPSA) is 54.0 Å². The van der Waals surface area contributed by atoms with Crippen LogP contribution in [0, 0.1) is 0 Å². The van der Waals surface area contributed by atoms with E-state index < -0.39 is 6.17 Å². The fraction of sp³-hybridized carbons (Fsp3) is 0.571. The molecule has 6 heteroatoms. The zero-order chi connectivity index (χ0) is 14.1. The van der Waals surface area contributed by atoms with E-state index in [1.54, 1.807) is 12.4 Å². The van der Waals surface area contributed by atoms with Crippen LogP contribution < -0.4 is 0 Å². The standard InChI is InChI=1S/C14H19FN4O/c1-9(2)19-6-10(15)13(7-19)20-8-14-17-11-3-4-16-5-12(11)18-14/h3-5,9-10,13H,6-8H2,1-2H3,(H,17,18)/t10-,13+/m1/s1. The molecule has 0 radical (unpaired) electrons. The molecule has 5 nitrogen and oxygen atoms in total. The Hall–Kier alpha value is -1.53. The molecule has 0 amide bonds. The number of fused-ring (bicyclic) bond motifs is 1. The number of hydrogen-bond donors (Lipinski definition) is 1. The smallest absolute Gasteiger partial charge is 0.140 e. The van der Waals surface area contributed by atoms with E-state index in [4.69, 9.17) is 4.74 Å². The summed E-state index contributed by atoms with van der Waals surface area (Å²) in [4.78, 5) is 13.7. The van der Waals surface area contributed by atoms with Crippen molar-refractivity contribution in [3.63, 3.8) is 0 Å². The van der Waals surface area contributed by atoms with Gasteiger partial charge in [-0.05, 0) is 19.9 Å². The van der Waals surface area contributed by atoms with Crippen LogP contribution >= 0.6 is 0 Å². The van der Waals surface area contributed by atoms with Gasteiger partial charge in [-0.3, -0.25) is 9.88 Å². The molecule has 1 N–H and O–H groups in total. The maximum Gasteiger partial charge on any atom is 0.140 e. The van der Waals surface area contributed by atoms with Crippen molar-refractivity contribution in [1.29, 1.82) is 0 Å². The van der Waals surface area contributed by atoms with Gasteiger partial charge in [0.1, 0.15) is 24.7 Å². The predicted octanol–water partition coefficient (Wildman–Crippen LogP) is 1.91. The summed E-state index contributed by atoms with van der Waals surface area (Å²) in [5.74, 6) is 0.711. The van der Waals surface area contributed by atoms with Crippen molar-refractivity contribution in [3.8, 4) is 0 Å². The number of alkyl halides is 1. The number of likely N-dealkylation sites (tertiary alicyclic amines) is 1. The number of H-pyrrole nitrogens is 1. The first kappa shape index (κ1) is 13.5. The molecule has 1 fully saturated rings. The average molecular weight is 278 g/mol. The van der Waals surface area contributed by atoms with Gasteiger partial charge in [-0.25, -0.2) is 9.37 Å². The zero-order valence-electron chi connectivity index (χ0n) is 11.7. The van der Waals surface area contributed by atoms with Crippen LogP contribution in [0.1, 0.15) is 19.7 Å².